The Morgan fingerprint density at radius 1 is 0.642 bits per heavy atom. The highest BCUT2D eigenvalue weighted by atomic mass is 16.8. The smallest absolute Gasteiger partial charge is 0.337 e. The van der Waals surface area contributed by atoms with Crippen LogP contribution in [0.1, 0.15) is 113 Å². The fourth-order valence-corrected chi connectivity index (χ4v) is 15.2. The number of aliphatic hydroxyl groups excluding tert-OH is 8. The number of esters is 2. The first-order valence-electron chi connectivity index (χ1n) is 24.5. The van der Waals surface area contributed by atoms with Crippen molar-refractivity contribution >= 4 is 11.9 Å². The fraction of sp³-hybridized carbons (Fsp3) is 0.918. The highest BCUT2D eigenvalue weighted by Crippen LogP contribution is 2.76. The SMILES string of the molecule is COC(=O)[C@H]1O[C@@H](O[C@H]2CC[C@]3(C)[C@H]4CC=C5[C@@H]6CC(C)(C)CC[C@]6(C(=O)OC)CC[C@@]5(C)[C@]4(C)CC[C@H]3C2(C)C)[C@H](O[C@@H]2O[C@H](CO)[C@@H](O)[C@H](O)[C@H]2O)[C@@H](O)[C@@H]1O[C@@H]1O[C@@H](CO)[C@H](O)[C@H]1O. The molecule has 5 aliphatic carbocycles. The molecular formula is C49H78O18. The van der Waals surface area contributed by atoms with Crippen molar-refractivity contribution < 1.29 is 88.3 Å². The van der Waals surface area contributed by atoms with Crippen molar-refractivity contribution in [3.05, 3.63) is 11.6 Å². The van der Waals surface area contributed by atoms with Crippen LogP contribution in [0.2, 0.25) is 0 Å². The van der Waals surface area contributed by atoms with Crippen LogP contribution in [-0.2, 0) is 47.5 Å². The predicted octanol–water partition coefficient (Wildman–Crippen LogP) is 1.61. The highest BCUT2D eigenvalue weighted by molar-refractivity contribution is 5.78. The summed E-state index contributed by atoms with van der Waals surface area (Å²) in [7, 11) is 2.63. The first-order chi connectivity index (χ1) is 31.4. The van der Waals surface area contributed by atoms with Crippen molar-refractivity contribution in [1.29, 1.82) is 0 Å². The van der Waals surface area contributed by atoms with Crippen molar-refractivity contribution in [2.24, 2.45) is 50.2 Å². The van der Waals surface area contributed by atoms with E-state index >= 15 is 0 Å². The molecule has 3 heterocycles. The van der Waals surface area contributed by atoms with Crippen LogP contribution < -0.4 is 0 Å². The molecule has 3 aliphatic heterocycles. The summed E-state index contributed by atoms with van der Waals surface area (Å²) < 4.78 is 47.3. The lowest BCUT2D eigenvalue weighted by Gasteiger charge is -2.71. The van der Waals surface area contributed by atoms with Gasteiger partial charge in [-0.1, -0.05) is 60.1 Å². The van der Waals surface area contributed by atoms with Gasteiger partial charge in [0.25, 0.3) is 0 Å². The van der Waals surface area contributed by atoms with E-state index in [1.165, 1.54) is 12.7 Å². The van der Waals surface area contributed by atoms with E-state index in [4.69, 9.17) is 37.9 Å². The lowest BCUT2D eigenvalue weighted by molar-refractivity contribution is -0.383. The first kappa shape index (κ1) is 51.5. The van der Waals surface area contributed by atoms with Crippen LogP contribution in [0.5, 0.6) is 0 Å². The van der Waals surface area contributed by atoms with Crippen LogP contribution in [0.15, 0.2) is 11.6 Å². The van der Waals surface area contributed by atoms with Gasteiger partial charge in [0.05, 0.1) is 39.0 Å². The van der Waals surface area contributed by atoms with Crippen molar-refractivity contribution in [2.75, 3.05) is 27.4 Å². The number of allylic oxidation sites excluding steroid dienone is 2. The summed E-state index contributed by atoms with van der Waals surface area (Å²) in [5, 5.41) is 85.5. The van der Waals surface area contributed by atoms with Crippen LogP contribution in [0.4, 0.5) is 0 Å². The Labute approximate surface area is 393 Å². The maximum absolute atomic E-state index is 13.8. The quantitative estimate of drug-likeness (QED) is 0.0878. The Balaban J connectivity index is 1.09. The summed E-state index contributed by atoms with van der Waals surface area (Å²) in [5.41, 5.74) is 0.162. The second-order valence-electron chi connectivity index (χ2n) is 23.4. The van der Waals surface area contributed by atoms with Gasteiger partial charge < -0.3 is 78.7 Å². The Morgan fingerprint density at radius 3 is 1.85 bits per heavy atom. The van der Waals surface area contributed by atoms with Gasteiger partial charge in [-0.15, -0.1) is 0 Å². The number of carbonyl (C=O) groups excluding carboxylic acids is 2. The second-order valence-corrected chi connectivity index (χ2v) is 23.4. The number of hydrogen-bond donors (Lipinski definition) is 8. The zero-order valence-corrected chi connectivity index (χ0v) is 40.6. The molecule has 67 heavy (non-hydrogen) atoms. The van der Waals surface area contributed by atoms with Gasteiger partial charge >= 0.3 is 11.9 Å². The van der Waals surface area contributed by atoms with E-state index in [2.05, 4.69) is 54.5 Å². The molecule has 18 nitrogen and oxygen atoms in total. The molecule has 382 valence electrons. The van der Waals surface area contributed by atoms with Crippen LogP contribution in [-0.4, -0.2) is 172 Å². The van der Waals surface area contributed by atoms with E-state index in [0.29, 0.717) is 12.3 Å². The molecule has 3 saturated heterocycles. The maximum Gasteiger partial charge on any atom is 0.337 e. The summed E-state index contributed by atoms with van der Waals surface area (Å²) in [5.74, 6) is -0.496. The number of ether oxygens (including phenoxy) is 8. The number of hydrogen-bond acceptors (Lipinski definition) is 18. The van der Waals surface area contributed by atoms with Crippen LogP contribution >= 0.6 is 0 Å². The molecule has 4 saturated carbocycles. The zero-order chi connectivity index (χ0) is 49.0. The summed E-state index contributed by atoms with van der Waals surface area (Å²) in [4.78, 5) is 27.3. The molecule has 8 aliphatic rings. The van der Waals surface area contributed by atoms with Gasteiger partial charge in [-0.2, -0.15) is 0 Å². The number of rotatable bonds is 10. The number of carbonyl (C=O) groups is 2. The molecule has 0 unspecified atom stereocenters. The number of aliphatic hydroxyl groups is 8. The lowest BCUT2D eigenvalue weighted by atomic mass is 9.33. The molecule has 18 heteroatoms. The molecule has 0 spiro atoms. The molecule has 0 amide bonds. The van der Waals surface area contributed by atoms with E-state index in [-0.39, 0.29) is 39.5 Å². The molecule has 0 aromatic carbocycles. The van der Waals surface area contributed by atoms with Crippen LogP contribution in [0.25, 0.3) is 0 Å². The van der Waals surface area contributed by atoms with Crippen molar-refractivity contribution in [2.45, 2.75) is 205 Å². The van der Waals surface area contributed by atoms with E-state index in [9.17, 15) is 50.4 Å². The molecule has 7 fully saturated rings. The normalized spacial score (nSPS) is 51.3. The highest BCUT2D eigenvalue weighted by Gasteiger charge is 2.70. The molecular weight excluding hydrogens is 877 g/mol. The second kappa shape index (κ2) is 18.3. The lowest BCUT2D eigenvalue weighted by Crippen LogP contribution is -2.68. The molecule has 8 rings (SSSR count). The molecule has 0 aromatic heterocycles. The fourth-order valence-electron chi connectivity index (χ4n) is 15.2. The largest absolute Gasteiger partial charge is 0.469 e. The summed E-state index contributed by atoms with van der Waals surface area (Å²) in [6.07, 6.45) is -12.8. The molecule has 8 N–H and O–H groups in total. The third-order valence-electron chi connectivity index (χ3n) is 19.3. The average Bonchev–Trinajstić information content (AvgIpc) is 3.56. The van der Waals surface area contributed by atoms with Crippen molar-refractivity contribution in [3.8, 4) is 0 Å². The minimum Gasteiger partial charge on any atom is -0.469 e. The van der Waals surface area contributed by atoms with Gasteiger partial charge in [0.15, 0.2) is 25.0 Å². The molecule has 0 aromatic rings. The van der Waals surface area contributed by atoms with Gasteiger partial charge in [-0.3, -0.25) is 4.79 Å². The van der Waals surface area contributed by atoms with Crippen LogP contribution in [0.3, 0.4) is 0 Å². The molecule has 22 atom stereocenters. The number of methoxy groups -OCH3 is 2. The molecule has 0 radical (unpaired) electrons. The minimum atomic E-state index is -1.89. The minimum absolute atomic E-state index is 0.0660. The van der Waals surface area contributed by atoms with Gasteiger partial charge in [-0.05, 0) is 109 Å². The Kier molecular flexibility index (Phi) is 14.1. The van der Waals surface area contributed by atoms with E-state index < -0.39 is 122 Å². The van der Waals surface area contributed by atoms with Gasteiger partial charge in [0.1, 0.15) is 61.0 Å². The monoisotopic (exact) mass is 955 g/mol. The Bertz CT molecular complexity index is 1860. The van der Waals surface area contributed by atoms with Crippen molar-refractivity contribution in [3.63, 3.8) is 0 Å². The van der Waals surface area contributed by atoms with Gasteiger partial charge in [0, 0.05) is 0 Å². The summed E-state index contributed by atoms with van der Waals surface area (Å²) >= 11 is 0. The predicted molar refractivity (Wildman–Crippen MR) is 234 cm³/mol. The summed E-state index contributed by atoms with van der Waals surface area (Å²) in [6.45, 7) is 14.9. The Hall–Kier alpha value is -1.88. The standard InChI is InChI=1S/C49H78O18/c1-44(2)16-18-49(43(59)61-9)19-17-47(6)23(24(49)20-44)10-11-28-46(5)14-13-29(45(3,4)27(46)12-15-48(28,47)7)64-42-37(66-41-34(56)32(54)30(52)25(21-50)62-41)35(57)36(38(67-42)39(58)60-8)65-40-33(55)31(53)26(22-51)63-40/h10,24-38,40-42,50-57H,11-22H2,1-9H3/t24-,25+,26-,27-,28+,29-,30+,31-,32-,33+,34+,35-,36-,37+,38-,40-,41-,42+,46-,47+,48+,49-/m0/s1. The number of fused-ring (bicyclic) bond motifs is 7. The van der Waals surface area contributed by atoms with E-state index in [1.54, 1.807) is 0 Å². The molecule has 0 bridgehead atoms. The van der Waals surface area contributed by atoms with Gasteiger partial charge in [-0.25, -0.2) is 4.79 Å². The van der Waals surface area contributed by atoms with Gasteiger partial charge in [0.2, 0.25) is 0 Å². The Morgan fingerprint density at radius 2 is 1.24 bits per heavy atom. The average molecular weight is 955 g/mol. The first-order valence-corrected chi connectivity index (χ1v) is 24.5. The zero-order valence-electron chi connectivity index (χ0n) is 40.6. The van der Waals surface area contributed by atoms with Crippen molar-refractivity contribution in [1.82, 2.24) is 0 Å². The third kappa shape index (κ3) is 8.07. The van der Waals surface area contributed by atoms with E-state index in [0.717, 1.165) is 64.9 Å². The topological polar surface area (TPSA) is 270 Å². The van der Waals surface area contributed by atoms with Crippen LogP contribution in [0, 0.1) is 50.2 Å². The summed E-state index contributed by atoms with van der Waals surface area (Å²) in [6, 6.07) is 0. The van der Waals surface area contributed by atoms with E-state index in [1.807, 2.05) is 0 Å². The maximum atomic E-state index is 13.8. The third-order valence-corrected chi connectivity index (χ3v) is 19.3.